The second kappa shape index (κ2) is 5.95. The number of hydrogen-bond donors (Lipinski definition) is 1. The number of benzene rings is 1. The maximum Gasteiger partial charge on any atom is 0.410 e. The molecule has 1 rings (SSSR count). The Bertz CT molecular complexity index is 429. The zero-order chi connectivity index (χ0) is 14.6. The van der Waals surface area contributed by atoms with E-state index in [9.17, 15) is 9.90 Å². The number of phenols is 1. The van der Waals surface area contributed by atoms with Crippen molar-refractivity contribution >= 4 is 6.09 Å². The molecule has 1 N–H and O–H groups in total. The second-order valence-corrected chi connectivity index (χ2v) is 5.67. The van der Waals surface area contributed by atoms with Crippen LogP contribution in [0.5, 0.6) is 5.75 Å². The summed E-state index contributed by atoms with van der Waals surface area (Å²) in [5, 5.41) is 9.57. The zero-order valence-electron chi connectivity index (χ0n) is 12.4. The van der Waals surface area contributed by atoms with E-state index < -0.39 is 5.60 Å². The third-order valence-electron chi connectivity index (χ3n) is 2.53. The molecule has 4 nitrogen and oxygen atoms in total. The number of ether oxygens (including phenoxy) is 1. The van der Waals surface area contributed by atoms with Crippen LogP contribution in [-0.2, 0) is 11.3 Å². The summed E-state index contributed by atoms with van der Waals surface area (Å²) in [6, 6.07) is 5.31. The summed E-state index contributed by atoms with van der Waals surface area (Å²) in [6.45, 7) is 10.3. The van der Waals surface area contributed by atoms with Crippen molar-refractivity contribution in [3.8, 4) is 5.75 Å². The molecule has 0 aliphatic carbocycles. The number of carbonyl (C=O) groups excluding carboxylic acids is 1. The number of hydrogen-bond acceptors (Lipinski definition) is 3. The van der Waals surface area contributed by atoms with Gasteiger partial charge in [-0.2, -0.15) is 0 Å². The Morgan fingerprint density at radius 3 is 2.42 bits per heavy atom. The van der Waals surface area contributed by atoms with Crippen molar-refractivity contribution in [3.63, 3.8) is 0 Å². The molecule has 106 valence electrons. The summed E-state index contributed by atoms with van der Waals surface area (Å²) in [5.41, 5.74) is 1.36. The molecule has 0 aliphatic rings. The molecule has 0 aromatic heterocycles. The van der Waals surface area contributed by atoms with Crippen molar-refractivity contribution in [2.24, 2.45) is 0 Å². The molecule has 1 amide bonds. The van der Waals surface area contributed by atoms with Gasteiger partial charge in [-0.15, -0.1) is 0 Å². The van der Waals surface area contributed by atoms with Crippen LogP contribution < -0.4 is 0 Å². The van der Waals surface area contributed by atoms with E-state index >= 15 is 0 Å². The van der Waals surface area contributed by atoms with Gasteiger partial charge in [0.25, 0.3) is 0 Å². The molecular formula is C15H23NO3. The minimum Gasteiger partial charge on any atom is -0.508 e. The summed E-state index contributed by atoms with van der Waals surface area (Å²) < 4.78 is 5.35. The van der Waals surface area contributed by atoms with Gasteiger partial charge < -0.3 is 14.7 Å². The molecule has 0 radical (unpaired) electrons. The van der Waals surface area contributed by atoms with Crippen LogP contribution in [0.4, 0.5) is 4.79 Å². The lowest BCUT2D eigenvalue weighted by Crippen LogP contribution is -2.36. The molecule has 0 heterocycles. The van der Waals surface area contributed by atoms with Crippen molar-refractivity contribution in [2.45, 2.75) is 46.8 Å². The molecule has 0 bridgehead atoms. The van der Waals surface area contributed by atoms with Gasteiger partial charge in [-0.3, -0.25) is 0 Å². The Hall–Kier alpha value is -1.71. The number of nitrogens with zero attached hydrogens (tertiary/aromatic N) is 1. The standard InChI is InChI=1S/C15H23NO3/c1-6-16(14(18)19-15(3,4)5)10-12-7-11(2)8-13(17)9-12/h7-9,17H,6,10H2,1-5H3. The average molecular weight is 265 g/mol. The van der Waals surface area contributed by atoms with Gasteiger partial charge in [-0.1, -0.05) is 6.07 Å². The molecule has 19 heavy (non-hydrogen) atoms. The van der Waals surface area contributed by atoms with E-state index in [2.05, 4.69) is 0 Å². The normalized spacial score (nSPS) is 11.2. The van der Waals surface area contributed by atoms with Gasteiger partial charge in [-0.25, -0.2) is 4.79 Å². The van der Waals surface area contributed by atoms with Crippen LogP contribution >= 0.6 is 0 Å². The van der Waals surface area contributed by atoms with E-state index in [1.807, 2.05) is 40.7 Å². The van der Waals surface area contributed by atoms with Gasteiger partial charge in [0.1, 0.15) is 11.4 Å². The molecule has 0 aliphatic heterocycles. The highest BCUT2D eigenvalue weighted by Crippen LogP contribution is 2.18. The van der Waals surface area contributed by atoms with Crippen LogP contribution in [0.1, 0.15) is 38.8 Å². The fourth-order valence-corrected chi connectivity index (χ4v) is 1.78. The highest BCUT2D eigenvalue weighted by Gasteiger charge is 2.21. The summed E-state index contributed by atoms with van der Waals surface area (Å²) in [4.78, 5) is 13.6. The van der Waals surface area contributed by atoms with Crippen molar-refractivity contribution < 1.29 is 14.6 Å². The lowest BCUT2D eigenvalue weighted by molar-refractivity contribution is 0.0244. The van der Waals surface area contributed by atoms with E-state index in [0.717, 1.165) is 11.1 Å². The zero-order valence-corrected chi connectivity index (χ0v) is 12.4. The third kappa shape index (κ3) is 5.20. The maximum atomic E-state index is 12.0. The summed E-state index contributed by atoms with van der Waals surface area (Å²) in [5.74, 6) is 0.218. The lowest BCUT2D eigenvalue weighted by atomic mass is 10.1. The number of aryl methyl sites for hydroxylation is 1. The molecule has 0 saturated carbocycles. The van der Waals surface area contributed by atoms with Gasteiger partial charge in [0.15, 0.2) is 0 Å². The van der Waals surface area contributed by atoms with Gasteiger partial charge >= 0.3 is 6.09 Å². The SMILES string of the molecule is CCN(Cc1cc(C)cc(O)c1)C(=O)OC(C)(C)C. The Balaban J connectivity index is 2.79. The third-order valence-corrected chi connectivity index (χ3v) is 2.53. The number of amides is 1. The molecule has 0 atom stereocenters. The molecule has 0 unspecified atom stereocenters. The van der Waals surface area contributed by atoms with Crippen molar-refractivity contribution in [2.75, 3.05) is 6.54 Å². The Morgan fingerprint density at radius 1 is 1.32 bits per heavy atom. The molecule has 0 fully saturated rings. The number of aromatic hydroxyl groups is 1. The van der Waals surface area contributed by atoms with Crippen LogP contribution in [0.3, 0.4) is 0 Å². The van der Waals surface area contributed by atoms with E-state index in [-0.39, 0.29) is 11.8 Å². The summed E-state index contributed by atoms with van der Waals surface area (Å²) >= 11 is 0. The van der Waals surface area contributed by atoms with Gasteiger partial charge in [0.2, 0.25) is 0 Å². The van der Waals surface area contributed by atoms with Crippen LogP contribution in [-0.4, -0.2) is 28.2 Å². The van der Waals surface area contributed by atoms with Crippen LogP contribution in [0.2, 0.25) is 0 Å². The van der Waals surface area contributed by atoms with E-state index in [4.69, 9.17) is 4.74 Å². The quantitative estimate of drug-likeness (QED) is 0.910. The highest BCUT2D eigenvalue weighted by molar-refractivity contribution is 5.68. The monoisotopic (exact) mass is 265 g/mol. The fraction of sp³-hybridized carbons (Fsp3) is 0.533. The Morgan fingerprint density at radius 2 is 1.95 bits per heavy atom. The van der Waals surface area contributed by atoms with Crippen molar-refractivity contribution in [3.05, 3.63) is 29.3 Å². The minimum absolute atomic E-state index is 0.218. The van der Waals surface area contributed by atoms with Crippen molar-refractivity contribution in [1.29, 1.82) is 0 Å². The van der Waals surface area contributed by atoms with E-state index in [0.29, 0.717) is 13.1 Å². The second-order valence-electron chi connectivity index (χ2n) is 5.67. The van der Waals surface area contributed by atoms with Gasteiger partial charge in [0, 0.05) is 13.1 Å². The summed E-state index contributed by atoms with van der Waals surface area (Å²) in [6.07, 6.45) is -0.337. The fourth-order valence-electron chi connectivity index (χ4n) is 1.78. The molecule has 4 heteroatoms. The molecular weight excluding hydrogens is 242 g/mol. The molecule has 1 aromatic rings. The van der Waals surface area contributed by atoms with Crippen molar-refractivity contribution in [1.82, 2.24) is 4.90 Å². The van der Waals surface area contributed by atoms with E-state index in [1.54, 1.807) is 17.0 Å². The van der Waals surface area contributed by atoms with Crippen LogP contribution in [0.25, 0.3) is 0 Å². The molecule has 1 aromatic carbocycles. The first-order chi connectivity index (χ1) is 8.71. The average Bonchev–Trinajstić information content (AvgIpc) is 2.21. The Labute approximate surface area is 115 Å². The Kier molecular flexibility index (Phi) is 4.81. The maximum absolute atomic E-state index is 12.0. The number of phenolic OH excluding ortho intramolecular Hbond substituents is 1. The molecule has 0 saturated heterocycles. The molecule has 0 spiro atoms. The minimum atomic E-state index is -0.501. The number of rotatable bonds is 3. The van der Waals surface area contributed by atoms with Gasteiger partial charge in [-0.05, 0) is 57.9 Å². The van der Waals surface area contributed by atoms with E-state index in [1.165, 1.54) is 0 Å². The first-order valence-corrected chi connectivity index (χ1v) is 6.48. The number of carbonyl (C=O) groups is 1. The predicted octanol–water partition coefficient (Wildman–Crippen LogP) is 3.46. The first kappa shape index (κ1) is 15.3. The predicted molar refractivity (Wildman–Crippen MR) is 75.2 cm³/mol. The first-order valence-electron chi connectivity index (χ1n) is 6.48. The van der Waals surface area contributed by atoms with Crippen LogP contribution in [0, 0.1) is 6.92 Å². The largest absolute Gasteiger partial charge is 0.508 e. The summed E-state index contributed by atoms with van der Waals surface area (Å²) in [7, 11) is 0. The smallest absolute Gasteiger partial charge is 0.410 e. The lowest BCUT2D eigenvalue weighted by Gasteiger charge is -2.26. The van der Waals surface area contributed by atoms with Crippen LogP contribution in [0.15, 0.2) is 18.2 Å². The van der Waals surface area contributed by atoms with Gasteiger partial charge in [0.05, 0.1) is 0 Å². The highest BCUT2D eigenvalue weighted by atomic mass is 16.6. The topological polar surface area (TPSA) is 49.8 Å².